The Morgan fingerprint density at radius 1 is 0.333 bits per heavy atom. The molecule has 8 aromatic carbocycles. The van der Waals surface area contributed by atoms with Gasteiger partial charge in [0.05, 0.1) is 0 Å². The van der Waals surface area contributed by atoms with Crippen LogP contribution in [-0.4, -0.2) is 5.11 Å². The molecule has 0 aliphatic rings. The van der Waals surface area contributed by atoms with E-state index in [2.05, 4.69) is 91.0 Å². The fourth-order valence-electron chi connectivity index (χ4n) is 6.11. The van der Waals surface area contributed by atoms with E-state index in [0.29, 0.717) is 5.75 Å². The van der Waals surface area contributed by atoms with Gasteiger partial charge in [-0.2, -0.15) is 0 Å². The third-order valence-corrected chi connectivity index (χ3v) is 7.44. The van der Waals surface area contributed by atoms with Crippen molar-refractivity contribution in [1.82, 2.24) is 0 Å². The van der Waals surface area contributed by atoms with Gasteiger partial charge in [0.15, 0.2) is 0 Å². The van der Waals surface area contributed by atoms with E-state index < -0.39 is 0 Å². The molecule has 1 heteroatoms. The lowest BCUT2D eigenvalue weighted by Crippen LogP contribution is -1.89. The molecule has 33 heavy (non-hydrogen) atoms. The molecular weight excluding hydrogens is 400 g/mol. The molecule has 0 atom stereocenters. The lowest BCUT2D eigenvalue weighted by atomic mass is 9.86. The van der Waals surface area contributed by atoms with Gasteiger partial charge in [0.2, 0.25) is 0 Å². The first kappa shape index (κ1) is 17.2. The van der Waals surface area contributed by atoms with Crippen LogP contribution >= 0.6 is 0 Å². The Morgan fingerprint density at radius 3 is 1.67 bits per heavy atom. The molecule has 0 heterocycles. The normalized spacial score (nSPS) is 12.4. The van der Waals surface area contributed by atoms with Crippen LogP contribution in [0.15, 0.2) is 103 Å². The summed E-state index contributed by atoms with van der Waals surface area (Å²) in [5, 5.41) is 27.9. The Kier molecular flexibility index (Phi) is 3.08. The Labute approximate surface area is 189 Å². The predicted molar refractivity (Wildman–Crippen MR) is 142 cm³/mol. The van der Waals surface area contributed by atoms with Gasteiger partial charge in [-0.3, -0.25) is 0 Å². The number of rotatable bonds is 0. The van der Waals surface area contributed by atoms with Gasteiger partial charge >= 0.3 is 0 Å². The lowest BCUT2D eigenvalue weighted by Gasteiger charge is -2.17. The van der Waals surface area contributed by atoms with Crippen LogP contribution in [0.2, 0.25) is 0 Å². The van der Waals surface area contributed by atoms with Crippen molar-refractivity contribution < 1.29 is 5.11 Å². The van der Waals surface area contributed by atoms with E-state index in [0.717, 1.165) is 16.2 Å². The van der Waals surface area contributed by atoms with Gasteiger partial charge in [-0.25, -0.2) is 0 Å². The van der Waals surface area contributed by atoms with Crippen molar-refractivity contribution in [2.75, 3.05) is 0 Å². The molecule has 8 aromatic rings. The molecule has 0 amide bonds. The molecule has 0 radical (unpaired) electrons. The predicted octanol–water partition coefficient (Wildman–Crippen LogP) is 8.90. The van der Waals surface area contributed by atoms with Crippen molar-refractivity contribution >= 4 is 75.4 Å². The minimum absolute atomic E-state index is 0.334. The van der Waals surface area contributed by atoms with Crippen molar-refractivity contribution in [3.8, 4) is 5.75 Å². The van der Waals surface area contributed by atoms with Crippen LogP contribution < -0.4 is 0 Å². The van der Waals surface area contributed by atoms with Crippen LogP contribution in [-0.2, 0) is 0 Å². The molecular formula is C32H18O. The number of fused-ring (bicyclic) bond motifs is 8. The van der Waals surface area contributed by atoms with Crippen molar-refractivity contribution in [2.45, 2.75) is 0 Å². The largest absolute Gasteiger partial charge is 0.507 e. The monoisotopic (exact) mass is 418 g/mol. The fraction of sp³-hybridized carbons (Fsp3) is 0. The number of hydrogen-bond donors (Lipinski definition) is 1. The summed E-state index contributed by atoms with van der Waals surface area (Å²) in [5.41, 5.74) is 0. The lowest BCUT2D eigenvalue weighted by molar-refractivity contribution is 0.482. The highest BCUT2D eigenvalue weighted by molar-refractivity contribution is 6.39. The average molecular weight is 418 g/mol. The van der Waals surface area contributed by atoms with E-state index in [4.69, 9.17) is 0 Å². The zero-order chi connectivity index (χ0) is 21.7. The highest BCUT2D eigenvalue weighted by atomic mass is 16.3. The van der Waals surface area contributed by atoms with E-state index in [9.17, 15) is 5.11 Å². The van der Waals surface area contributed by atoms with E-state index in [1.54, 1.807) is 6.07 Å². The molecule has 0 aromatic heterocycles. The Hall–Kier alpha value is -4.36. The Balaban J connectivity index is 1.72. The zero-order valence-electron chi connectivity index (χ0n) is 17.8. The van der Waals surface area contributed by atoms with E-state index in [1.807, 2.05) is 6.07 Å². The number of hydrogen-bond acceptors (Lipinski definition) is 1. The number of benzene rings is 8. The molecule has 0 unspecified atom stereocenters. The van der Waals surface area contributed by atoms with Crippen molar-refractivity contribution in [3.05, 3.63) is 103 Å². The second-order valence-corrected chi connectivity index (χ2v) is 9.06. The second-order valence-electron chi connectivity index (χ2n) is 9.06. The van der Waals surface area contributed by atoms with Gasteiger partial charge in [0.25, 0.3) is 0 Å². The van der Waals surface area contributed by atoms with Gasteiger partial charge < -0.3 is 5.11 Å². The fourth-order valence-corrected chi connectivity index (χ4v) is 6.11. The van der Waals surface area contributed by atoms with Gasteiger partial charge in [-0.05, 0) is 82.2 Å². The van der Waals surface area contributed by atoms with Crippen LogP contribution in [0, 0.1) is 0 Å². The van der Waals surface area contributed by atoms with Crippen molar-refractivity contribution in [2.24, 2.45) is 0 Å². The summed E-state index contributed by atoms with van der Waals surface area (Å²) in [7, 11) is 0. The van der Waals surface area contributed by atoms with E-state index >= 15 is 0 Å². The standard InChI is InChI=1S/C32H18O/c33-28-12-4-7-19-13-14-21-24(30(19)28)15-16-25-27(21)17-20-8-3-10-23-22-9-1-5-18-6-2-11-26(29(18)22)32(25)31(20)23/h1-17,33H. The van der Waals surface area contributed by atoms with Crippen molar-refractivity contribution in [1.29, 1.82) is 0 Å². The number of phenols is 1. The highest BCUT2D eigenvalue weighted by Gasteiger charge is 2.17. The van der Waals surface area contributed by atoms with E-state index in [-0.39, 0.29) is 0 Å². The molecule has 0 saturated carbocycles. The molecule has 0 aliphatic heterocycles. The highest BCUT2D eigenvalue weighted by Crippen LogP contribution is 2.45. The third kappa shape index (κ3) is 2.07. The summed E-state index contributed by atoms with van der Waals surface area (Å²) in [6, 6.07) is 36.8. The average Bonchev–Trinajstić information content (AvgIpc) is 2.86. The third-order valence-electron chi connectivity index (χ3n) is 7.44. The number of phenolic OH excluding ortho intramolecular Hbond substituents is 1. The maximum absolute atomic E-state index is 10.7. The molecule has 8 rings (SSSR count). The maximum Gasteiger partial charge on any atom is 0.124 e. The summed E-state index contributed by atoms with van der Waals surface area (Å²) in [5.74, 6) is 0.334. The van der Waals surface area contributed by atoms with E-state index in [1.165, 1.54) is 59.2 Å². The molecule has 0 saturated heterocycles. The minimum atomic E-state index is 0.334. The van der Waals surface area contributed by atoms with Gasteiger partial charge in [0, 0.05) is 5.39 Å². The summed E-state index contributed by atoms with van der Waals surface area (Å²) >= 11 is 0. The topological polar surface area (TPSA) is 20.2 Å². The first-order valence-electron chi connectivity index (χ1n) is 11.3. The minimum Gasteiger partial charge on any atom is -0.507 e. The molecule has 152 valence electrons. The summed E-state index contributed by atoms with van der Waals surface area (Å²) < 4.78 is 0. The summed E-state index contributed by atoms with van der Waals surface area (Å²) in [4.78, 5) is 0. The SMILES string of the molecule is Oc1cccc2ccc3c4cc5cccc6c7cccc8cccc(c87)c(c4ccc3c12)c56. The van der Waals surface area contributed by atoms with Gasteiger partial charge in [-0.15, -0.1) is 0 Å². The molecule has 0 aliphatic carbocycles. The molecule has 0 spiro atoms. The molecule has 1 N–H and O–H groups in total. The Bertz CT molecular complexity index is 2080. The molecule has 1 nitrogen and oxygen atoms in total. The quantitative estimate of drug-likeness (QED) is 0.192. The summed E-state index contributed by atoms with van der Waals surface area (Å²) in [6.07, 6.45) is 0. The molecule has 0 bridgehead atoms. The first-order valence-corrected chi connectivity index (χ1v) is 11.3. The van der Waals surface area contributed by atoms with Gasteiger partial charge in [0.1, 0.15) is 5.75 Å². The molecule has 0 fully saturated rings. The van der Waals surface area contributed by atoms with Crippen LogP contribution in [0.3, 0.4) is 0 Å². The maximum atomic E-state index is 10.7. The van der Waals surface area contributed by atoms with Crippen LogP contribution in [0.25, 0.3) is 75.4 Å². The Morgan fingerprint density at radius 2 is 0.879 bits per heavy atom. The van der Waals surface area contributed by atoms with Crippen LogP contribution in [0.5, 0.6) is 5.75 Å². The smallest absolute Gasteiger partial charge is 0.124 e. The zero-order valence-corrected chi connectivity index (χ0v) is 17.8. The first-order chi connectivity index (χ1) is 16.3. The van der Waals surface area contributed by atoms with Crippen LogP contribution in [0.4, 0.5) is 0 Å². The number of aromatic hydroxyl groups is 1. The van der Waals surface area contributed by atoms with Gasteiger partial charge in [-0.1, -0.05) is 91.0 Å². The van der Waals surface area contributed by atoms with Crippen LogP contribution in [0.1, 0.15) is 0 Å². The van der Waals surface area contributed by atoms with Crippen molar-refractivity contribution in [3.63, 3.8) is 0 Å². The summed E-state index contributed by atoms with van der Waals surface area (Å²) in [6.45, 7) is 0. The second kappa shape index (κ2) is 5.90.